The maximum Gasteiger partial charge on any atom is 0.307 e. The van der Waals surface area contributed by atoms with E-state index in [4.69, 9.17) is 5.11 Å². The monoisotopic (exact) mass is 238 g/mol. The van der Waals surface area contributed by atoms with Crippen LogP contribution in [0.3, 0.4) is 0 Å². The molecule has 3 rings (SSSR count). The zero-order valence-corrected chi connectivity index (χ0v) is 9.50. The molecule has 4 heteroatoms. The average molecular weight is 238 g/mol. The normalized spacial score (nSPS) is 10.9. The molecule has 3 aromatic rings. The van der Waals surface area contributed by atoms with Crippen LogP contribution in [0.25, 0.3) is 21.5 Å². The number of carboxylic acid groups (broad SMARTS) is 1. The Morgan fingerprint density at radius 3 is 2.67 bits per heavy atom. The standard InChI is InChI=1S/C14H10N2O2/c17-14(18)6-9-2-1-3-12-11(9)5-4-10-7-15-16-8-13(10)12/h1-5,7-8H,6H2,(H,17,18). The van der Waals surface area contributed by atoms with E-state index in [1.807, 2.05) is 30.3 Å². The molecule has 0 aliphatic carbocycles. The average Bonchev–Trinajstić information content (AvgIpc) is 2.38. The van der Waals surface area contributed by atoms with Gasteiger partial charge in [-0.05, 0) is 16.3 Å². The molecule has 1 aromatic heterocycles. The molecule has 0 amide bonds. The van der Waals surface area contributed by atoms with Crippen LogP contribution in [0.4, 0.5) is 0 Å². The Labute approximate surface area is 103 Å². The second-order valence-electron chi connectivity index (χ2n) is 4.14. The van der Waals surface area contributed by atoms with Crippen molar-refractivity contribution < 1.29 is 9.90 Å². The van der Waals surface area contributed by atoms with Gasteiger partial charge in [-0.2, -0.15) is 10.2 Å². The molecule has 0 atom stereocenters. The quantitative estimate of drug-likeness (QED) is 0.696. The van der Waals surface area contributed by atoms with Gasteiger partial charge in [0.1, 0.15) is 0 Å². The number of nitrogens with zero attached hydrogens (tertiary/aromatic N) is 2. The minimum atomic E-state index is -0.824. The van der Waals surface area contributed by atoms with Crippen LogP contribution in [-0.2, 0) is 11.2 Å². The molecule has 88 valence electrons. The van der Waals surface area contributed by atoms with E-state index >= 15 is 0 Å². The molecule has 4 nitrogen and oxygen atoms in total. The Kier molecular flexibility index (Phi) is 2.41. The number of rotatable bonds is 2. The maximum absolute atomic E-state index is 10.9. The predicted octanol–water partition coefficient (Wildman–Crippen LogP) is 2.41. The highest BCUT2D eigenvalue weighted by molar-refractivity contribution is 6.08. The van der Waals surface area contributed by atoms with Crippen LogP contribution in [0.1, 0.15) is 5.56 Å². The third-order valence-electron chi connectivity index (χ3n) is 3.02. The number of carboxylic acids is 1. The van der Waals surface area contributed by atoms with Gasteiger partial charge in [-0.15, -0.1) is 0 Å². The van der Waals surface area contributed by atoms with Crippen molar-refractivity contribution in [2.45, 2.75) is 6.42 Å². The van der Waals surface area contributed by atoms with Gasteiger partial charge in [0.2, 0.25) is 0 Å². The van der Waals surface area contributed by atoms with Crippen molar-refractivity contribution in [2.24, 2.45) is 0 Å². The number of aromatic nitrogens is 2. The fraction of sp³-hybridized carbons (Fsp3) is 0.0714. The van der Waals surface area contributed by atoms with Gasteiger partial charge < -0.3 is 5.11 Å². The van der Waals surface area contributed by atoms with Gasteiger partial charge in [0.15, 0.2) is 0 Å². The summed E-state index contributed by atoms with van der Waals surface area (Å²) in [5, 5.41) is 20.6. The minimum Gasteiger partial charge on any atom is -0.481 e. The molecule has 18 heavy (non-hydrogen) atoms. The summed E-state index contributed by atoms with van der Waals surface area (Å²) in [5.74, 6) is -0.824. The lowest BCUT2D eigenvalue weighted by molar-refractivity contribution is -0.136. The van der Waals surface area contributed by atoms with Crippen molar-refractivity contribution in [3.8, 4) is 0 Å². The largest absolute Gasteiger partial charge is 0.481 e. The lowest BCUT2D eigenvalue weighted by Gasteiger charge is -2.06. The topological polar surface area (TPSA) is 63.1 Å². The summed E-state index contributed by atoms with van der Waals surface area (Å²) in [7, 11) is 0. The molecule has 0 radical (unpaired) electrons. The van der Waals surface area contributed by atoms with Crippen molar-refractivity contribution in [3.05, 3.63) is 48.3 Å². The molecule has 0 unspecified atom stereocenters. The van der Waals surface area contributed by atoms with Crippen LogP contribution in [0, 0.1) is 0 Å². The fourth-order valence-corrected chi connectivity index (χ4v) is 2.22. The first-order chi connectivity index (χ1) is 8.75. The zero-order chi connectivity index (χ0) is 12.5. The summed E-state index contributed by atoms with van der Waals surface area (Å²) in [6.45, 7) is 0. The number of carbonyl (C=O) groups is 1. The summed E-state index contributed by atoms with van der Waals surface area (Å²) < 4.78 is 0. The van der Waals surface area contributed by atoms with Crippen molar-refractivity contribution in [1.29, 1.82) is 0 Å². The number of benzene rings is 2. The first-order valence-corrected chi connectivity index (χ1v) is 5.58. The van der Waals surface area contributed by atoms with Crippen molar-refractivity contribution in [2.75, 3.05) is 0 Å². The lowest BCUT2D eigenvalue weighted by Crippen LogP contribution is -2.00. The number of fused-ring (bicyclic) bond motifs is 3. The number of aliphatic carboxylic acids is 1. The second-order valence-corrected chi connectivity index (χ2v) is 4.14. The third kappa shape index (κ3) is 1.68. The predicted molar refractivity (Wildman–Crippen MR) is 68.4 cm³/mol. The molecule has 0 aliphatic heterocycles. The smallest absolute Gasteiger partial charge is 0.307 e. The molecule has 0 bridgehead atoms. The van der Waals surface area contributed by atoms with Crippen LogP contribution >= 0.6 is 0 Å². The molecule has 1 N–H and O–H groups in total. The van der Waals surface area contributed by atoms with E-state index < -0.39 is 5.97 Å². The Hall–Kier alpha value is -2.49. The second kappa shape index (κ2) is 4.07. The lowest BCUT2D eigenvalue weighted by atomic mass is 9.98. The van der Waals surface area contributed by atoms with E-state index in [0.717, 1.165) is 27.1 Å². The van der Waals surface area contributed by atoms with Crippen LogP contribution in [-0.4, -0.2) is 21.3 Å². The van der Waals surface area contributed by atoms with E-state index in [0.29, 0.717) is 0 Å². The van der Waals surface area contributed by atoms with Crippen LogP contribution in [0.15, 0.2) is 42.7 Å². The molecule has 2 aromatic carbocycles. The van der Waals surface area contributed by atoms with Gasteiger partial charge in [0.05, 0.1) is 18.8 Å². The highest BCUT2D eigenvalue weighted by atomic mass is 16.4. The molecule has 1 heterocycles. The summed E-state index contributed by atoms with van der Waals surface area (Å²) >= 11 is 0. The van der Waals surface area contributed by atoms with Crippen molar-refractivity contribution in [1.82, 2.24) is 10.2 Å². The Bertz CT molecular complexity index is 753. The van der Waals surface area contributed by atoms with Crippen molar-refractivity contribution >= 4 is 27.5 Å². The van der Waals surface area contributed by atoms with E-state index in [-0.39, 0.29) is 6.42 Å². The Morgan fingerprint density at radius 2 is 1.83 bits per heavy atom. The third-order valence-corrected chi connectivity index (χ3v) is 3.02. The van der Waals surface area contributed by atoms with Crippen LogP contribution < -0.4 is 0 Å². The molecule has 0 spiro atoms. The number of hydrogen-bond donors (Lipinski definition) is 1. The molecular weight excluding hydrogens is 228 g/mol. The highest BCUT2D eigenvalue weighted by Crippen LogP contribution is 2.26. The molecule has 0 aliphatic rings. The van der Waals surface area contributed by atoms with E-state index in [2.05, 4.69) is 10.2 Å². The van der Waals surface area contributed by atoms with Crippen molar-refractivity contribution in [3.63, 3.8) is 0 Å². The van der Waals surface area contributed by atoms with Crippen LogP contribution in [0.5, 0.6) is 0 Å². The molecule has 0 saturated heterocycles. The summed E-state index contributed by atoms with van der Waals surface area (Å²) in [5.41, 5.74) is 0.818. The molecule has 0 saturated carbocycles. The van der Waals surface area contributed by atoms with Gasteiger partial charge in [-0.25, -0.2) is 0 Å². The van der Waals surface area contributed by atoms with Gasteiger partial charge in [-0.3, -0.25) is 4.79 Å². The van der Waals surface area contributed by atoms with Gasteiger partial charge in [0.25, 0.3) is 0 Å². The van der Waals surface area contributed by atoms with Gasteiger partial charge in [-0.1, -0.05) is 30.3 Å². The Morgan fingerprint density at radius 1 is 1.00 bits per heavy atom. The van der Waals surface area contributed by atoms with Crippen LogP contribution in [0.2, 0.25) is 0 Å². The summed E-state index contributed by atoms with van der Waals surface area (Å²) in [6, 6.07) is 9.58. The highest BCUT2D eigenvalue weighted by Gasteiger charge is 2.07. The SMILES string of the molecule is O=C(O)Cc1cccc2c1ccc1cnncc12. The van der Waals surface area contributed by atoms with E-state index in [1.54, 1.807) is 12.4 Å². The summed E-state index contributed by atoms with van der Waals surface area (Å²) in [6.07, 6.45) is 3.45. The van der Waals surface area contributed by atoms with E-state index in [9.17, 15) is 4.79 Å². The molecule has 0 fully saturated rings. The first kappa shape index (κ1) is 10.7. The van der Waals surface area contributed by atoms with Gasteiger partial charge >= 0.3 is 5.97 Å². The maximum atomic E-state index is 10.9. The van der Waals surface area contributed by atoms with Gasteiger partial charge in [0, 0.05) is 10.8 Å². The fourth-order valence-electron chi connectivity index (χ4n) is 2.22. The first-order valence-electron chi connectivity index (χ1n) is 5.58. The minimum absolute atomic E-state index is 0.0291. The number of hydrogen-bond acceptors (Lipinski definition) is 3. The molecular formula is C14H10N2O2. The Balaban J connectivity index is 2.36. The summed E-state index contributed by atoms with van der Waals surface area (Å²) in [4.78, 5) is 10.9. The van der Waals surface area contributed by atoms with E-state index in [1.165, 1.54) is 0 Å². The zero-order valence-electron chi connectivity index (χ0n) is 9.50.